The lowest BCUT2D eigenvalue weighted by Crippen LogP contribution is -2.12. The van der Waals surface area contributed by atoms with Crippen LogP contribution in [0.4, 0.5) is 0 Å². The lowest BCUT2D eigenvalue weighted by molar-refractivity contribution is 0.0880. The van der Waals surface area contributed by atoms with Gasteiger partial charge < -0.3 is 10.2 Å². The molecule has 6 nitrogen and oxygen atoms in total. The van der Waals surface area contributed by atoms with Gasteiger partial charge in [0.2, 0.25) is 0 Å². The molecule has 3 aromatic rings. The Morgan fingerprint density at radius 3 is 1.33 bits per heavy atom. The number of carbonyl (C=O) groups is 4. The summed E-state index contributed by atoms with van der Waals surface area (Å²) >= 11 is 0. The SMILES string of the molecule is O=C(CC(=O)c1ccccc1O)c1cccc(C(=O)CC(=O)c2ccccc2O)c1. The minimum Gasteiger partial charge on any atom is -0.507 e. The standard InChI is InChI=1S/C24H18O6/c25-19-10-3-1-8-17(19)23(29)13-21(27)15-6-5-7-16(12-15)22(28)14-24(30)18-9-2-4-11-20(18)26/h1-12,25-26H,13-14H2. The van der Waals surface area contributed by atoms with Crippen molar-refractivity contribution in [3.05, 3.63) is 95.1 Å². The largest absolute Gasteiger partial charge is 0.507 e. The van der Waals surface area contributed by atoms with E-state index in [0.717, 1.165) is 0 Å². The topological polar surface area (TPSA) is 109 Å². The van der Waals surface area contributed by atoms with Crippen molar-refractivity contribution in [3.63, 3.8) is 0 Å². The molecule has 0 spiro atoms. The van der Waals surface area contributed by atoms with E-state index in [-0.39, 0.29) is 33.8 Å². The molecule has 0 aliphatic heterocycles. The molecule has 2 N–H and O–H groups in total. The summed E-state index contributed by atoms with van der Waals surface area (Å²) in [5.74, 6) is -2.51. The number of hydrogen-bond acceptors (Lipinski definition) is 6. The fourth-order valence-corrected chi connectivity index (χ4v) is 2.97. The van der Waals surface area contributed by atoms with Gasteiger partial charge in [-0.05, 0) is 30.3 Å². The Morgan fingerprint density at radius 2 is 0.933 bits per heavy atom. The van der Waals surface area contributed by atoms with Crippen LogP contribution in [0.15, 0.2) is 72.8 Å². The van der Waals surface area contributed by atoms with Gasteiger partial charge in [0.15, 0.2) is 23.1 Å². The van der Waals surface area contributed by atoms with E-state index in [1.54, 1.807) is 24.3 Å². The van der Waals surface area contributed by atoms with E-state index in [4.69, 9.17) is 0 Å². The second kappa shape index (κ2) is 8.96. The number of carbonyl (C=O) groups excluding carboxylic acids is 4. The van der Waals surface area contributed by atoms with Crippen LogP contribution >= 0.6 is 0 Å². The Kier molecular flexibility index (Phi) is 6.17. The number of ketones is 4. The van der Waals surface area contributed by atoms with Gasteiger partial charge in [-0.3, -0.25) is 19.2 Å². The molecule has 0 fully saturated rings. The number of Topliss-reactive ketones (excluding diaryl/α,β-unsaturated/α-hetero) is 4. The Balaban J connectivity index is 1.72. The zero-order valence-electron chi connectivity index (χ0n) is 15.9. The summed E-state index contributed by atoms with van der Waals surface area (Å²) in [6, 6.07) is 17.7. The molecule has 0 aromatic heterocycles. The first-order valence-corrected chi connectivity index (χ1v) is 9.15. The zero-order valence-corrected chi connectivity index (χ0v) is 15.9. The molecular weight excluding hydrogens is 384 g/mol. The smallest absolute Gasteiger partial charge is 0.174 e. The minimum absolute atomic E-state index is 0.0475. The normalized spacial score (nSPS) is 10.4. The van der Waals surface area contributed by atoms with Crippen LogP contribution in [0.5, 0.6) is 11.5 Å². The van der Waals surface area contributed by atoms with Gasteiger partial charge in [0, 0.05) is 11.1 Å². The van der Waals surface area contributed by atoms with Crippen LogP contribution in [0.1, 0.15) is 54.3 Å². The van der Waals surface area contributed by atoms with E-state index in [1.807, 2.05) is 0 Å². The average Bonchev–Trinajstić information content (AvgIpc) is 2.74. The first kappa shape index (κ1) is 20.7. The van der Waals surface area contributed by atoms with Crippen molar-refractivity contribution in [1.82, 2.24) is 0 Å². The molecule has 0 aliphatic rings. The van der Waals surface area contributed by atoms with Crippen LogP contribution in [0, 0.1) is 0 Å². The van der Waals surface area contributed by atoms with Crippen molar-refractivity contribution >= 4 is 23.1 Å². The first-order valence-electron chi connectivity index (χ1n) is 9.15. The molecule has 3 rings (SSSR count). The Hall–Kier alpha value is -4.06. The maximum atomic E-state index is 12.5. The highest BCUT2D eigenvalue weighted by Crippen LogP contribution is 2.21. The van der Waals surface area contributed by atoms with Crippen molar-refractivity contribution in [3.8, 4) is 11.5 Å². The van der Waals surface area contributed by atoms with Crippen LogP contribution in [0.2, 0.25) is 0 Å². The summed E-state index contributed by atoms with van der Waals surface area (Å²) in [6.07, 6.45) is -0.932. The maximum absolute atomic E-state index is 12.5. The second-order valence-corrected chi connectivity index (χ2v) is 6.66. The zero-order chi connectivity index (χ0) is 21.7. The summed E-state index contributed by atoms with van der Waals surface area (Å²) in [6.45, 7) is 0. The molecule has 150 valence electrons. The molecule has 0 bridgehead atoms. The summed E-state index contributed by atoms with van der Waals surface area (Å²) in [4.78, 5) is 49.6. The molecule has 0 heterocycles. The van der Waals surface area contributed by atoms with Crippen LogP contribution in [-0.4, -0.2) is 33.3 Å². The summed E-state index contributed by atoms with van der Waals surface area (Å²) in [5, 5.41) is 19.5. The molecule has 0 saturated heterocycles. The highest BCUT2D eigenvalue weighted by atomic mass is 16.3. The van der Waals surface area contributed by atoms with Crippen LogP contribution in [-0.2, 0) is 0 Å². The van der Waals surface area contributed by atoms with E-state index >= 15 is 0 Å². The number of aromatic hydroxyl groups is 2. The van der Waals surface area contributed by atoms with E-state index in [2.05, 4.69) is 0 Å². The van der Waals surface area contributed by atoms with Gasteiger partial charge in [-0.15, -0.1) is 0 Å². The summed E-state index contributed by atoms with van der Waals surface area (Å²) < 4.78 is 0. The number of benzene rings is 3. The third kappa shape index (κ3) is 4.67. The van der Waals surface area contributed by atoms with Crippen molar-refractivity contribution < 1.29 is 29.4 Å². The van der Waals surface area contributed by atoms with Gasteiger partial charge in [-0.2, -0.15) is 0 Å². The summed E-state index contributed by atoms with van der Waals surface area (Å²) in [7, 11) is 0. The Morgan fingerprint density at radius 1 is 0.533 bits per heavy atom. The molecule has 0 amide bonds. The van der Waals surface area contributed by atoms with Gasteiger partial charge in [0.05, 0.1) is 24.0 Å². The predicted molar refractivity (Wildman–Crippen MR) is 109 cm³/mol. The molecule has 6 heteroatoms. The minimum atomic E-state index is -0.537. The fraction of sp³-hybridized carbons (Fsp3) is 0.0833. The first-order chi connectivity index (χ1) is 14.4. The maximum Gasteiger partial charge on any atom is 0.174 e. The second-order valence-electron chi connectivity index (χ2n) is 6.66. The number of phenols is 2. The predicted octanol–water partition coefficient (Wildman–Crippen LogP) is 4.01. The third-order valence-electron chi connectivity index (χ3n) is 4.56. The van der Waals surface area contributed by atoms with E-state index < -0.39 is 36.0 Å². The number of hydrogen-bond donors (Lipinski definition) is 2. The van der Waals surface area contributed by atoms with E-state index in [0.29, 0.717) is 0 Å². The van der Waals surface area contributed by atoms with Crippen LogP contribution in [0.3, 0.4) is 0 Å². The highest BCUT2D eigenvalue weighted by molar-refractivity contribution is 6.17. The third-order valence-corrected chi connectivity index (χ3v) is 4.56. The Bertz CT molecular complexity index is 1060. The number of para-hydroxylation sites is 2. The van der Waals surface area contributed by atoms with Gasteiger partial charge in [0.25, 0.3) is 0 Å². The monoisotopic (exact) mass is 402 g/mol. The van der Waals surface area contributed by atoms with Crippen molar-refractivity contribution in [1.29, 1.82) is 0 Å². The van der Waals surface area contributed by atoms with Gasteiger partial charge in [-0.25, -0.2) is 0 Å². The lowest BCUT2D eigenvalue weighted by Gasteiger charge is -2.06. The van der Waals surface area contributed by atoms with Crippen molar-refractivity contribution in [2.24, 2.45) is 0 Å². The average molecular weight is 402 g/mol. The molecule has 3 aromatic carbocycles. The molecule has 0 radical (unpaired) electrons. The van der Waals surface area contributed by atoms with E-state index in [9.17, 15) is 29.4 Å². The molecule has 0 aliphatic carbocycles. The van der Waals surface area contributed by atoms with Crippen molar-refractivity contribution in [2.45, 2.75) is 12.8 Å². The van der Waals surface area contributed by atoms with Crippen LogP contribution < -0.4 is 0 Å². The van der Waals surface area contributed by atoms with Crippen molar-refractivity contribution in [2.75, 3.05) is 0 Å². The Labute approximate surface area is 172 Å². The molecule has 30 heavy (non-hydrogen) atoms. The van der Waals surface area contributed by atoms with Crippen LogP contribution in [0.25, 0.3) is 0 Å². The quantitative estimate of drug-likeness (QED) is 0.435. The van der Waals surface area contributed by atoms with Gasteiger partial charge >= 0.3 is 0 Å². The molecule has 0 unspecified atom stereocenters. The van der Waals surface area contributed by atoms with Gasteiger partial charge in [-0.1, -0.05) is 42.5 Å². The number of phenolic OH excluding ortho intramolecular Hbond substituents is 2. The van der Waals surface area contributed by atoms with Gasteiger partial charge in [0.1, 0.15) is 11.5 Å². The molecule has 0 saturated carbocycles. The summed E-state index contributed by atoms with van der Waals surface area (Å²) in [5.41, 5.74) is 0.400. The van der Waals surface area contributed by atoms with E-state index in [1.165, 1.54) is 48.5 Å². The molecular formula is C24H18O6. The highest BCUT2D eigenvalue weighted by Gasteiger charge is 2.19. The number of rotatable bonds is 8. The lowest BCUT2D eigenvalue weighted by atomic mass is 9.96. The fourth-order valence-electron chi connectivity index (χ4n) is 2.97. The molecule has 0 atom stereocenters.